The third-order valence-electron chi connectivity index (χ3n) is 4.27. The van der Waals surface area contributed by atoms with Crippen molar-refractivity contribution in [2.24, 2.45) is 10.4 Å². The van der Waals surface area contributed by atoms with Crippen LogP contribution in [0.2, 0.25) is 0 Å². The van der Waals surface area contributed by atoms with Crippen LogP contribution in [0.1, 0.15) is 46.5 Å². The normalized spacial score (nSPS) is 19.2. The Balaban J connectivity index is 0.00000400. The van der Waals surface area contributed by atoms with Gasteiger partial charge in [0.15, 0.2) is 5.96 Å². The van der Waals surface area contributed by atoms with E-state index in [2.05, 4.69) is 48.2 Å². The molecular formula is C15H32IN3OS. The lowest BCUT2D eigenvalue weighted by Crippen LogP contribution is -2.41. The van der Waals surface area contributed by atoms with Crippen LogP contribution in [0, 0.1) is 5.41 Å². The quantitative estimate of drug-likeness (QED) is 0.316. The second kappa shape index (κ2) is 11.8. The fourth-order valence-electron chi connectivity index (χ4n) is 2.35. The molecule has 1 heterocycles. The number of aliphatic imine (C=N–C) groups is 1. The number of hydrogen-bond donors (Lipinski definition) is 3. The molecule has 0 amide bonds. The van der Waals surface area contributed by atoms with E-state index in [0.717, 1.165) is 37.1 Å². The lowest BCUT2D eigenvalue weighted by Gasteiger charge is -2.27. The predicted molar refractivity (Wildman–Crippen MR) is 105 cm³/mol. The summed E-state index contributed by atoms with van der Waals surface area (Å²) < 4.78 is 0. The van der Waals surface area contributed by atoms with Gasteiger partial charge in [0, 0.05) is 23.8 Å². The highest BCUT2D eigenvalue weighted by atomic mass is 127. The highest BCUT2D eigenvalue weighted by Gasteiger charge is 2.25. The number of thioether (sulfide) groups is 1. The summed E-state index contributed by atoms with van der Waals surface area (Å²) in [5.41, 5.74) is -0.0650. The molecule has 0 spiro atoms. The number of aliphatic hydroxyl groups is 1. The van der Waals surface area contributed by atoms with Crippen LogP contribution in [0.25, 0.3) is 0 Å². The molecule has 0 aromatic rings. The molecule has 4 nitrogen and oxygen atoms in total. The van der Waals surface area contributed by atoms with Gasteiger partial charge in [0.1, 0.15) is 0 Å². The van der Waals surface area contributed by atoms with Crippen molar-refractivity contribution in [3.05, 3.63) is 0 Å². The molecule has 0 aromatic heterocycles. The van der Waals surface area contributed by atoms with Crippen molar-refractivity contribution in [2.75, 3.05) is 32.0 Å². The Morgan fingerprint density at radius 2 is 2.00 bits per heavy atom. The summed E-state index contributed by atoms with van der Waals surface area (Å²) in [6, 6.07) is 0. The average molecular weight is 429 g/mol. The van der Waals surface area contributed by atoms with Crippen LogP contribution >= 0.6 is 35.7 Å². The molecule has 0 radical (unpaired) electrons. The topological polar surface area (TPSA) is 56.7 Å². The molecule has 6 heteroatoms. The summed E-state index contributed by atoms with van der Waals surface area (Å²) in [6.07, 6.45) is 4.56. The van der Waals surface area contributed by atoms with Crippen LogP contribution < -0.4 is 10.6 Å². The van der Waals surface area contributed by atoms with Crippen LogP contribution in [0.5, 0.6) is 0 Å². The molecular weight excluding hydrogens is 397 g/mol. The van der Waals surface area contributed by atoms with Gasteiger partial charge in [-0.3, -0.25) is 4.99 Å². The summed E-state index contributed by atoms with van der Waals surface area (Å²) in [5.74, 6) is 2.18. The fraction of sp³-hybridized carbons (Fsp3) is 0.933. The Labute approximate surface area is 151 Å². The van der Waals surface area contributed by atoms with Gasteiger partial charge in [-0.15, -0.1) is 24.0 Å². The third kappa shape index (κ3) is 7.41. The minimum atomic E-state index is -0.0650. The van der Waals surface area contributed by atoms with Crippen LogP contribution in [0.3, 0.4) is 0 Å². The average Bonchev–Trinajstić information content (AvgIpc) is 3.00. The largest absolute Gasteiger partial charge is 0.396 e. The number of nitrogens with zero attached hydrogens (tertiary/aromatic N) is 1. The van der Waals surface area contributed by atoms with Crippen molar-refractivity contribution in [3.8, 4) is 0 Å². The van der Waals surface area contributed by atoms with E-state index < -0.39 is 0 Å². The Bertz CT molecular complexity index is 284. The van der Waals surface area contributed by atoms with Crippen molar-refractivity contribution < 1.29 is 5.11 Å². The van der Waals surface area contributed by atoms with Gasteiger partial charge in [-0.2, -0.15) is 11.8 Å². The molecule has 1 unspecified atom stereocenters. The van der Waals surface area contributed by atoms with E-state index in [4.69, 9.17) is 0 Å². The number of rotatable bonds is 8. The second-order valence-electron chi connectivity index (χ2n) is 5.58. The van der Waals surface area contributed by atoms with Crippen molar-refractivity contribution >= 4 is 41.7 Å². The van der Waals surface area contributed by atoms with Gasteiger partial charge >= 0.3 is 0 Å². The SMILES string of the molecule is CCNC(=NCC(CC)(CC)CO)NCC1CCCS1.I. The van der Waals surface area contributed by atoms with E-state index in [0.29, 0.717) is 6.54 Å². The molecule has 1 aliphatic rings. The number of guanidine groups is 1. The molecule has 3 N–H and O–H groups in total. The van der Waals surface area contributed by atoms with Crippen LogP contribution in [-0.4, -0.2) is 48.3 Å². The number of hydrogen-bond acceptors (Lipinski definition) is 3. The summed E-state index contributed by atoms with van der Waals surface area (Å²) in [7, 11) is 0. The van der Waals surface area contributed by atoms with Gasteiger partial charge in [-0.1, -0.05) is 13.8 Å². The van der Waals surface area contributed by atoms with Gasteiger partial charge in [0.25, 0.3) is 0 Å². The van der Waals surface area contributed by atoms with Gasteiger partial charge in [-0.25, -0.2) is 0 Å². The Morgan fingerprint density at radius 1 is 1.29 bits per heavy atom. The molecule has 126 valence electrons. The summed E-state index contributed by atoms with van der Waals surface area (Å²) in [4.78, 5) is 4.68. The molecule has 0 aliphatic carbocycles. The first-order valence-corrected chi connectivity index (χ1v) is 8.99. The zero-order valence-electron chi connectivity index (χ0n) is 13.7. The van der Waals surface area contributed by atoms with Crippen LogP contribution in [0.15, 0.2) is 4.99 Å². The summed E-state index contributed by atoms with van der Waals surface area (Å²) >= 11 is 2.05. The predicted octanol–water partition coefficient (Wildman–Crippen LogP) is 2.85. The van der Waals surface area contributed by atoms with Crippen molar-refractivity contribution in [2.45, 2.75) is 51.7 Å². The Morgan fingerprint density at radius 3 is 2.48 bits per heavy atom. The minimum Gasteiger partial charge on any atom is -0.396 e. The molecule has 21 heavy (non-hydrogen) atoms. The van der Waals surface area contributed by atoms with Gasteiger partial charge < -0.3 is 15.7 Å². The van der Waals surface area contributed by atoms with E-state index in [9.17, 15) is 5.11 Å². The maximum atomic E-state index is 9.61. The first kappa shape index (κ1) is 21.3. The second-order valence-corrected chi connectivity index (χ2v) is 6.98. The molecule has 0 aromatic carbocycles. The van der Waals surface area contributed by atoms with Crippen molar-refractivity contribution in [1.29, 1.82) is 0 Å². The van der Waals surface area contributed by atoms with E-state index in [1.165, 1.54) is 18.6 Å². The minimum absolute atomic E-state index is 0. The molecule has 1 atom stereocenters. The van der Waals surface area contributed by atoms with Crippen molar-refractivity contribution in [3.63, 3.8) is 0 Å². The smallest absolute Gasteiger partial charge is 0.191 e. The van der Waals surface area contributed by atoms with Gasteiger partial charge in [-0.05, 0) is 38.4 Å². The third-order valence-corrected chi connectivity index (χ3v) is 5.67. The number of nitrogens with one attached hydrogen (secondary N) is 2. The fourth-order valence-corrected chi connectivity index (χ4v) is 3.55. The standard InChI is InChI=1S/C15H31N3OS.HI/c1-4-15(5-2,12-19)11-18-14(16-6-3)17-10-13-8-7-9-20-13;/h13,19H,4-12H2,1-3H3,(H2,16,17,18);1H. The van der Waals surface area contributed by atoms with E-state index in [1.54, 1.807) is 0 Å². The van der Waals surface area contributed by atoms with Gasteiger partial charge in [0.05, 0.1) is 13.2 Å². The van der Waals surface area contributed by atoms with Crippen molar-refractivity contribution in [1.82, 2.24) is 10.6 Å². The molecule has 1 rings (SSSR count). The molecule has 1 fully saturated rings. The zero-order valence-corrected chi connectivity index (χ0v) is 16.8. The lowest BCUT2D eigenvalue weighted by molar-refractivity contribution is 0.123. The van der Waals surface area contributed by atoms with E-state index in [-0.39, 0.29) is 36.0 Å². The Hall–Kier alpha value is 0.310. The van der Waals surface area contributed by atoms with E-state index >= 15 is 0 Å². The molecule has 0 bridgehead atoms. The highest BCUT2D eigenvalue weighted by molar-refractivity contribution is 14.0. The maximum Gasteiger partial charge on any atom is 0.191 e. The zero-order chi connectivity index (χ0) is 14.8. The molecule has 0 saturated carbocycles. The summed E-state index contributed by atoms with van der Waals surface area (Å²) in [5, 5.41) is 17.1. The van der Waals surface area contributed by atoms with Crippen LogP contribution in [-0.2, 0) is 0 Å². The number of halogens is 1. The summed E-state index contributed by atoms with van der Waals surface area (Å²) in [6.45, 7) is 9.09. The monoisotopic (exact) mass is 429 g/mol. The first-order valence-electron chi connectivity index (χ1n) is 7.94. The Kier molecular flexibility index (Phi) is 12.0. The van der Waals surface area contributed by atoms with Crippen LogP contribution in [0.4, 0.5) is 0 Å². The van der Waals surface area contributed by atoms with Gasteiger partial charge in [0.2, 0.25) is 0 Å². The number of aliphatic hydroxyl groups excluding tert-OH is 1. The lowest BCUT2D eigenvalue weighted by atomic mass is 9.83. The first-order chi connectivity index (χ1) is 9.69. The van der Waals surface area contributed by atoms with E-state index in [1.807, 2.05) is 0 Å². The highest BCUT2D eigenvalue weighted by Crippen LogP contribution is 2.26. The molecule has 1 saturated heterocycles. The maximum absolute atomic E-state index is 9.61. The molecule has 1 aliphatic heterocycles.